The van der Waals surface area contributed by atoms with Crippen LogP contribution in [-0.2, 0) is 0 Å². The van der Waals surface area contributed by atoms with Gasteiger partial charge in [-0.1, -0.05) is 77.0 Å². The summed E-state index contributed by atoms with van der Waals surface area (Å²) in [5.74, 6) is 1.07. The third kappa shape index (κ3) is 4.98. The molecule has 26 heavy (non-hydrogen) atoms. The molecule has 2 unspecified atom stereocenters. The molecular formula is C25H33N. The number of rotatable bonds is 8. The third-order valence-electron chi connectivity index (χ3n) is 5.59. The lowest BCUT2D eigenvalue weighted by atomic mass is 9.84. The molecule has 0 amide bonds. The molecule has 0 bridgehead atoms. The quantitative estimate of drug-likeness (QED) is 0.478. The van der Waals surface area contributed by atoms with Crippen LogP contribution in [0.15, 0.2) is 42.5 Å². The average Bonchev–Trinajstić information content (AvgIpc) is 2.64. The second-order valence-electron chi connectivity index (χ2n) is 7.90. The zero-order valence-electron chi connectivity index (χ0n) is 16.9. The Balaban J connectivity index is 2.13. The highest BCUT2D eigenvalue weighted by Crippen LogP contribution is 2.33. The van der Waals surface area contributed by atoms with Crippen molar-refractivity contribution in [2.45, 2.75) is 66.2 Å². The first-order chi connectivity index (χ1) is 12.5. The van der Waals surface area contributed by atoms with E-state index < -0.39 is 0 Å². The fourth-order valence-electron chi connectivity index (χ4n) is 3.77. The molecule has 1 aliphatic carbocycles. The molecule has 0 aliphatic heterocycles. The highest BCUT2D eigenvalue weighted by atomic mass is 14.3. The Bertz CT molecular complexity index is 742. The van der Waals surface area contributed by atoms with Crippen LogP contribution in [0.5, 0.6) is 0 Å². The van der Waals surface area contributed by atoms with Crippen LogP contribution in [0.4, 0.5) is 0 Å². The number of nitriles is 1. The summed E-state index contributed by atoms with van der Waals surface area (Å²) >= 11 is 0. The van der Waals surface area contributed by atoms with E-state index in [1.54, 1.807) is 0 Å². The molecule has 0 N–H and O–H groups in total. The van der Waals surface area contributed by atoms with Crippen LogP contribution < -0.4 is 0 Å². The van der Waals surface area contributed by atoms with Crippen molar-refractivity contribution in [1.29, 1.82) is 5.26 Å². The Morgan fingerprint density at radius 2 is 2.12 bits per heavy atom. The molecule has 2 rings (SSSR count). The minimum absolute atomic E-state index is 0.305. The van der Waals surface area contributed by atoms with Crippen molar-refractivity contribution in [1.82, 2.24) is 0 Å². The van der Waals surface area contributed by atoms with Gasteiger partial charge >= 0.3 is 0 Å². The molecule has 0 radical (unpaired) electrons. The van der Waals surface area contributed by atoms with E-state index in [0.717, 1.165) is 35.5 Å². The van der Waals surface area contributed by atoms with Crippen molar-refractivity contribution in [2.75, 3.05) is 0 Å². The van der Waals surface area contributed by atoms with E-state index >= 15 is 0 Å². The second kappa shape index (κ2) is 9.58. The lowest BCUT2D eigenvalue weighted by Crippen LogP contribution is -2.04. The molecule has 1 nitrogen and oxygen atoms in total. The molecule has 138 valence electrons. The summed E-state index contributed by atoms with van der Waals surface area (Å²) < 4.78 is 0. The smallest absolute Gasteiger partial charge is 0.0956 e. The van der Waals surface area contributed by atoms with Crippen molar-refractivity contribution in [3.8, 4) is 6.07 Å². The summed E-state index contributed by atoms with van der Waals surface area (Å²) in [5.41, 5.74) is 6.89. The van der Waals surface area contributed by atoms with Crippen LogP contribution in [-0.4, -0.2) is 0 Å². The fourth-order valence-corrected chi connectivity index (χ4v) is 3.77. The number of hydrogen-bond acceptors (Lipinski definition) is 1. The van der Waals surface area contributed by atoms with Crippen molar-refractivity contribution >= 4 is 11.1 Å². The van der Waals surface area contributed by atoms with E-state index in [4.69, 9.17) is 0 Å². The van der Waals surface area contributed by atoms with Gasteiger partial charge in [-0.25, -0.2) is 0 Å². The highest BCUT2D eigenvalue weighted by Gasteiger charge is 2.17. The normalized spacial score (nSPS) is 17.9. The van der Waals surface area contributed by atoms with Crippen molar-refractivity contribution in [3.63, 3.8) is 0 Å². The molecule has 0 heterocycles. The van der Waals surface area contributed by atoms with Crippen LogP contribution >= 0.6 is 0 Å². The predicted molar refractivity (Wildman–Crippen MR) is 114 cm³/mol. The number of nitrogens with zero attached hydrogens (tertiary/aromatic N) is 1. The van der Waals surface area contributed by atoms with Gasteiger partial charge in [0.2, 0.25) is 0 Å². The van der Waals surface area contributed by atoms with E-state index in [1.165, 1.54) is 42.4 Å². The summed E-state index contributed by atoms with van der Waals surface area (Å²) in [6.07, 6.45) is 11.4. The third-order valence-corrected chi connectivity index (χ3v) is 5.59. The highest BCUT2D eigenvalue weighted by molar-refractivity contribution is 5.82. The minimum Gasteiger partial charge on any atom is -0.193 e. The SMILES string of the molecule is C=C(CCC(C)CCCC)c1ccc(C2=C(C#N)C(C)CC=C2)cc1C. The average molecular weight is 348 g/mol. The fraction of sp³-hybridized carbons (Fsp3) is 0.480. The monoisotopic (exact) mass is 347 g/mol. The standard InChI is InChI=1S/C25H33N/c1-6-7-9-18(2)12-13-20(4)23-15-14-22(16-21(23)5)24-11-8-10-19(3)25(24)17-26/h8,11,14-16,18-19H,4,6-7,9-10,12-13H2,1-3,5H3. The number of unbranched alkanes of at least 4 members (excludes halogenated alkanes) is 1. The Morgan fingerprint density at radius 3 is 2.77 bits per heavy atom. The molecule has 1 aromatic rings. The minimum atomic E-state index is 0.305. The summed E-state index contributed by atoms with van der Waals surface area (Å²) in [7, 11) is 0. The number of hydrogen-bond donors (Lipinski definition) is 0. The zero-order chi connectivity index (χ0) is 19.1. The molecule has 0 saturated carbocycles. The van der Waals surface area contributed by atoms with Gasteiger partial charge in [-0.05, 0) is 65.9 Å². The molecule has 1 aromatic carbocycles. The van der Waals surface area contributed by atoms with Crippen LogP contribution in [0.3, 0.4) is 0 Å². The molecule has 1 aliphatic rings. The topological polar surface area (TPSA) is 23.8 Å². The first-order valence-electron chi connectivity index (χ1n) is 10.1. The Hall–Kier alpha value is -2.07. The molecular weight excluding hydrogens is 314 g/mol. The van der Waals surface area contributed by atoms with Crippen molar-refractivity contribution < 1.29 is 0 Å². The molecule has 1 heteroatoms. The van der Waals surface area contributed by atoms with Gasteiger partial charge in [-0.15, -0.1) is 0 Å². The lowest BCUT2D eigenvalue weighted by Gasteiger charge is -2.19. The zero-order valence-corrected chi connectivity index (χ0v) is 16.9. The van der Waals surface area contributed by atoms with Crippen LogP contribution in [0, 0.1) is 30.1 Å². The van der Waals surface area contributed by atoms with Gasteiger partial charge in [-0.2, -0.15) is 5.26 Å². The predicted octanol–water partition coefficient (Wildman–Crippen LogP) is 7.49. The van der Waals surface area contributed by atoms with Gasteiger partial charge in [0, 0.05) is 5.57 Å². The Labute approximate surface area is 160 Å². The molecule has 0 fully saturated rings. The van der Waals surface area contributed by atoms with E-state index in [2.05, 4.69) is 70.7 Å². The van der Waals surface area contributed by atoms with E-state index in [9.17, 15) is 5.26 Å². The molecule has 2 atom stereocenters. The summed E-state index contributed by atoms with van der Waals surface area (Å²) in [6, 6.07) is 8.99. The Morgan fingerprint density at radius 1 is 1.35 bits per heavy atom. The van der Waals surface area contributed by atoms with Gasteiger partial charge < -0.3 is 0 Å². The largest absolute Gasteiger partial charge is 0.193 e. The summed E-state index contributed by atoms with van der Waals surface area (Å²) in [6.45, 7) is 13.2. The van der Waals surface area contributed by atoms with Crippen molar-refractivity contribution in [3.05, 3.63) is 59.2 Å². The van der Waals surface area contributed by atoms with E-state index in [-0.39, 0.29) is 0 Å². The number of allylic oxidation sites excluding steroid dienone is 5. The number of benzene rings is 1. The number of aryl methyl sites for hydroxylation is 1. The first kappa shape index (κ1) is 20.2. The molecule has 0 spiro atoms. The van der Waals surface area contributed by atoms with E-state index in [1.807, 2.05) is 0 Å². The van der Waals surface area contributed by atoms with Crippen LogP contribution in [0.25, 0.3) is 11.1 Å². The van der Waals surface area contributed by atoms with Gasteiger partial charge in [0.1, 0.15) is 0 Å². The van der Waals surface area contributed by atoms with E-state index in [0.29, 0.717) is 5.92 Å². The van der Waals surface area contributed by atoms with Crippen molar-refractivity contribution in [2.24, 2.45) is 11.8 Å². The summed E-state index contributed by atoms with van der Waals surface area (Å²) in [4.78, 5) is 0. The van der Waals surface area contributed by atoms with Crippen LogP contribution in [0.1, 0.15) is 76.0 Å². The van der Waals surface area contributed by atoms with Gasteiger partial charge in [0.25, 0.3) is 0 Å². The van der Waals surface area contributed by atoms with Gasteiger partial charge in [-0.3, -0.25) is 0 Å². The molecule has 0 saturated heterocycles. The maximum atomic E-state index is 9.53. The first-order valence-corrected chi connectivity index (χ1v) is 10.1. The lowest BCUT2D eigenvalue weighted by molar-refractivity contribution is 0.478. The Kier molecular flexibility index (Phi) is 7.46. The van der Waals surface area contributed by atoms with Gasteiger partial charge in [0.05, 0.1) is 6.07 Å². The molecule has 0 aromatic heterocycles. The van der Waals surface area contributed by atoms with Gasteiger partial charge in [0.15, 0.2) is 0 Å². The summed E-state index contributed by atoms with van der Waals surface area (Å²) in [5, 5.41) is 9.53. The maximum absolute atomic E-state index is 9.53. The van der Waals surface area contributed by atoms with Crippen LogP contribution in [0.2, 0.25) is 0 Å². The second-order valence-corrected chi connectivity index (χ2v) is 7.90. The maximum Gasteiger partial charge on any atom is 0.0956 e.